The molecule has 0 radical (unpaired) electrons. The zero-order chi connectivity index (χ0) is 13.5. The van der Waals surface area contributed by atoms with Gasteiger partial charge in [-0.1, -0.05) is 23.7 Å². The molecule has 0 aliphatic rings. The van der Waals surface area contributed by atoms with Crippen LogP contribution in [0.1, 0.15) is 4.88 Å². The van der Waals surface area contributed by atoms with Crippen molar-refractivity contribution in [1.29, 1.82) is 0 Å². The van der Waals surface area contributed by atoms with E-state index in [1.54, 1.807) is 23.5 Å². The molecule has 1 heterocycles. The Morgan fingerprint density at radius 1 is 1.21 bits per heavy atom. The van der Waals surface area contributed by atoms with E-state index >= 15 is 0 Å². The summed E-state index contributed by atoms with van der Waals surface area (Å²) in [7, 11) is 0. The van der Waals surface area contributed by atoms with E-state index in [1.807, 2.05) is 6.07 Å². The van der Waals surface area contributed by atoms with Crippen LogP contribution >= 0.6 is 22.9 Å². The van der Waals surface area contributed by atoms with Crippen LogP contribution in [-0.2, 0) is 6.42 Å². The minimum Gasteiger partial charge on any atom is -0.488 e. The molecule has 5 heteroatoms. The van der Waals surface area contributed by atoms with Gasteiger partial charge in [0.1, 0.15) is 6.61 Å². The average Bonchev–Trinajstić information content (AvgIpc) is 2.89. The second-order valence-corrected chi connectivity index (χ2v) is 5.42. The fourth-order valence-corrected chi connectivity index (χ4v) is 2.56. The van der Waals surface area contributed by atoms with E-state index in [4.69, 9.17) is 16.3 Å². The van der Waals surface area contributed by atoms with Crippen LogP contribution in [0.15, 0.2) is 35.7 Å². The molecule has 0 atom stereocenters. The van der Waals surface area contributed by atoms with Crippen LogP contribution in [0.5, 0.6) is 5.75 Å². The van der Waals surface area contributed by atoms with Crippen LogP contribution in [0.25, 0.3) is 0 Å². The maximum atomic E-state index is 13.4. The molecule has 2 aromatic rings. The summed E-state index contributed by atoms with van der Waals surface area (Å²) in [4.78, 5) is 1.35. The molecular formula is C14H15ClFNOS. The Bertz CT molecular complexity index is 484. The van der Waals surface area contributed by atoms with E-state index in [0.29, 0.717) is 18.2 Å². The number of hydrogen-bond donors (Lipinski definition) is 1. The molecule has 0 bridgehead atoms. The molecule has 0 amide bonds. The topological polar surface area (TPSA) is 21.3 Å². The molecule has 19 heavy (non-hydrogen) atoms. The first-order valence-corrected chi connectivity index (χ1v) is 7.33. The van der Waals surface area contributed by atoms with E-state index in [2.05, 4.69) is 16.8 Å². The van der Waals surface area contributed by atoms with Crippen molar-refractivity contribution in [2.45, 2.75) is 6.42 Å². The summed E-state index contributed by atoms with van der Waals surface area (Å²) in [6.45, 7) is 1.94. The molecule has 1 N–H and O–H groups in total. The summed E-state index contributed by atoms with van der Waals surface area (Å²) in [6.07, 6.45) is 0.998. The normalized spacial score (nSPS) is 10.6. The fraction of sp³-hybridized carbons (Fsp3) is 0.286. The lowest BCUT2D eigenvalue weighted by atomic mass is 10.3. The van der Waals surface area contributed by atoms with Gasteiger partial charge in [0.2, 0.25) is 0 Å². The molecular weight excluding hydrogens is 285 g/mol. The second kappa shape index (κ2) is 7.48. The van der Waals surface area contributed by atoms with Gasteiger partial charge in [-0.05, 0) is 30.0 Å². The standard InChI is InChI=1S/C14H15ClFNOS/c15-12-4-1-5-13(16)14(12)18-9-8-17-7-6-11-3-2-10-19-11/h1-5,10,17H,6-9H2. The molecule has 1 aromatic carbocycles. The van der Waals surface area contributed by atoms with Gasteiger partial charge >= 0.3 is 0 Å². The van der Waals surface area contributed by atoms with Gasteiger partial charge in [0, 0.05) is 18.0 Å². The Labute approximate surface area is 121 Å². The molecule has 0 unspecified atom stereocenters. The first-order chi connectivity index (χ1) is 9.27. The number of ether oxygens (including phenoxy) is 1. The first-order valence-electron chi connectivity index (χ1n) is 6.07. The van der Waals surface area contributed by atoms with Gasteiger partial charge in [-0.3, -0.25) is 0 Å². The van der Waals surface area contributed by atoms with Gasteiger partial charge in [0.05, 0.1) is 5.02 Å². The van der Waals surface area contributed by atoms with E-state index in [0.717, 1.165) is 13.0 Å². The lowest BCUT2D eigenvalue weighted by Crippen LogP contribution is -2.23. The molecule has 1 aromatic heterocycles. The van der Waals surface area contributed by atoms with Crippen molar-refractivity contribution in [3.8, 4) is 5.75 Å². The Kier molecular flexibility index (Phi) is 5.63. The van der Waals surface area contributed by atoms with Crippen LogP contribution < -0.4 is 10.1 Å². The van der Waals surface area contributed by atoms with Crippen molar-refractivity contribution in [2.24, 2.45) is 0 Å². The summed E-state index contributed by atoms with van der Waals surface area (Å²) >= 11 is 7.60. The van der Waals surface area contributed by atoms with Crippen molar-refractivity contribution >= 4 is 22.9 Å². The van der Waals surface area contributed by atoms with Gasteiger partial charge in [0.15, 0.2) is 11.6 Å². The second-order valence-electron chi connectivity index (χ2n) is 3.98. The highest BCUT2D eigenvalue weighted by Crippen LogP contribution is 2.26. The molecule has 0 fully saturated rings. The van der Waals surface area contributed by atoms with Gasteiger partial charge in [-0.15, -0.1) is 11.3 Å². The Morgan fingerprint density at radius 3 is 2.84 bits per heavy atom. The summed E-state index contributed by atoms with van der Waals surface area (Å²) in [5, 5.41) is 5.62. The molecule has 2 rings (SSSR count). The zero-order valence-corrected chi connectivity index (χ0v) is 11.9. The maximum absolute atomic E-state index is 13.4. The van der Waals surface area contributed by atoms with Crippen molar-refractivity contribution < 1.29 is 9.13 Å². The Hall–Kier alpha value is -1.10. The summed E-state index contributed by atoms with van der Waals surface area (Å²) < 4.78 is 18.7. The molecule has 0 saturated heterocycles. The van der Waals surface area contributed by atoms with Gasteiger partial charge in [-0.2, -0.15) is 0 Å². The highest BCUT2D eigenvalue weighted by atomic mass is 35.5. The van der Waals surface area contributed by atoms with Crippen LogP contribution in [0.4, 0.5) is 4.39 Å². The van der Waals surface area contributed by atoms with E-state index < -0.39 is 5.82 Å². The van der Waals surface area contributed by atoms with Crippen LogP contribution in [0.2, 0.25) is 5.02 Å². The van der Waals surface area contributed by atoms with Crippen molar-refractivity contribution in [3.63, 3.8) is 0 Å². The third-order valence-corrected chi connectivity index (χ3v) is 3.81. The lowest BCUT2D eigenvalue weighted by Gasteiger charge is -2.09. The first kappa shape index (κ1) is 14.3. The minimum absolute atomic E-state index is 0.129. The Balaban J connectivity index is 1.64. The van der Waals surface area contributed by atoms with Crippen molar-refractivity contribution in [3.05, 3.63) is 51.4 Å². The predicted molar refractivity (Wildman–Crippen MR) is 77.8 cm³/mol. The average molecular weight is 300 g/mol. The molecule has 0 aliphatic heterocycles. The highest BCUT2D eigenvalue weighted by Gasteiger charge is 2.07. The summed E-state index contributed by atoms with van der Waals surface area (Å²) in [5.74, 6) is -0.296. The third kappa shape index (κ3) is 4.49. The van der Waals surface area contributed by atoms with Crippen molar-refractivity contribution in [1.82, 2.24) is 5.32 Å². The predicted octanol–water partition coefficient (Wildman–Crippen LogP) is 3.75. The third-order valence-electron chi connectivity index (χ3n) is 2.57. The van der Waals surface area contributed by atoms with Crippen LogP contribution in [-0.4, -0.2) is 19.7 Å². The molecule has 0 spiro atoms. The number of para-hydroxylation sites is 1. The zero-order valence-electron chi connectivity index (χ0n) is 10.4. The highest BCUT2D eigenvalue weighted by molar-refractivity contribution is 7.09. The van der Waals surface area contributed by atoms with Gasteiger partial charge in [0.25, 0.3) is 0 Å². The molecule has 2 nitrogen and oxygen atoms in total. The number of rotatable bonds is 7. The Morgan fingerprint density at radius 2 is 2.11 bits per heavy atom. The molecule has 102 valence electrons. The maximum Gasteiger partial charge on any atom is 0.173 e. The monoisotopic (exact) mass is 299 g/mol. The van der Waals surface area contributed by atoms with E-state index in [9.17, 15) is 4.39 Å². The van der Waals surface area contributed by atoms with Crippen LogP contribution in [0.3, 0.4) is 0 Å². The number of nitrogens with one attached hydrogen (secondary N) is 1. The summed E-state index contributed by atoms with van der Waals surface area (Å²) in [6, 6.07) is 8.67. The fourth-order valence-electron chi connectivity index (χ4n) is 1.64. The SMILES string of the molecule is Fc1cccc(Cl)c1OCCNCCc1cccs1. The number of benzene rings is 1. The number of thiophene rings is 1. The largest absolute Gasteiger partial charge is 0.488 e. The van der Waals surface area contributed by atoms with Gasteiger partial charge < -0.3 is 10.1 Å². The lowest BCUT2D eigenvalue weighted by molar-refractivity contribution is 0.299. The summed E-state index contributed by atoms with van der Waals surface area (Å²) in [5.41, 5.74) is 0. The van der Waals surface area contributed by atoms with Crippen molar-refractivity contribution in [2.75, 3.05) is 19.7 Å². The number of hydrogen-bond acceptors (Lipinski definition) is 3. The minimum atomic E-state index is -0.425. The smallest absolute Gasteiger partial charge is 0.173 e. The molecule has 0 saturated carbocycles. The quantitative estimate of drug-likeness (QED) is 0.786. The number of halogens is 2. The van der Waals surface area contributed by atoms with E-state index in [-0.39, 0.29) is 5.75 Å². The van der Waals surface area contributed by atoms with E-state index in [1.165, 1.54) is 10.9 Å². The van der Waals surface area contributed by atoms with Gasteiger partial charge in [-0.25, -0.2) is 4.39 Å². The van der Waals surface area contributed by atoms with Crippen LogP contribution in [0, 0.1) is 5.82 Å². The molecule has 0 aliphatic carbocycles.